The minimum absolute atomic E-state index is 0.101. The maximum atomic E-state index is 14.0. The van der Waals surface area contributed by atoms with Crippen molar-refractivity contribution in [1.29, 1.82) is 0 Å². The standard InChI is InChI=1S/C33H35N3O5S/c1-23-12-18-27(19-13-23)42(40,41)36(25-16-14-24(15-17-25)32(39)34-33(2,3)22-37)21-26(38)20-35-30-10-6-4-8-28(30)29-9-5-7-11-31(29)35/h4-19,26,37-38H,20-22H2,1-3H3,(H,34,39). The zero-order valence-electron chi connectivity index (χ0n) is 23.9. The molecule has 0 saturated heterocycles. The Morgan fingerprint density at radius 1 is 0.881 bits per heavy atom. The van der Waals surface area contributed by atoms with Gasteiger partial charge in [0.1, 0.15) is 0 Å². The van der Waals surface area contributed by atoms with Crippen LogP contribution in [0.25, 0.3) is 21.8 Å². The minimum atomic E-state index is -4.07. The lowest BCUT2D eigenvalue weighted by atomic mass is 10.1. The van der Waals surface area contributed by atoms with E-state index >= 15 is 0 Å². The fourth-order valence-corrected chi connectivity index (χ4v) is 6.54. The molecular formula is C33H35N3O5S. The van der Waals surface area contributed by atoms with Gasteiger partial charge in [0, 0.05) is 27.4 Å². The van der Waals surface area contributed by atoms with Gasteiger partial charge in [0.25, 0.3) is 15.9 Å². The Balaban J connectivity index is 1.49. The van der Waals surface area contributed by atoms with Gasteiger partial charge in [0.05, 0.1) is 41.9 Å². The maximum Gasteiger partial charge on any atom is 0.264 e. The van der Waals surface area contributed by atoms with Crippen molar-refractivity contribution >= 4 is 43.4 Å². The Labute approximate surface area is 245 Å². The summed E-state index contributed by atoms with van der Waals surface area (Å²) in [7, 11) is -4.07. The summed E-state index contributed by atoms with van der Waals surface area (Å²) < 4.78 is 31.1. The SMILES string of the molecule is Cc1ccc(S(=O)(=O)N(CC(O)Cn2c3ccccc3c3ccccc32)c2ccc(C(=O)NC(C)(C)CO)cc2)cc1. The van der Waals surface area contributed by atoms with E-state index < -0.39 is 21.7 Å². The molecule has 0 radical (unpaired) electrons. The monoisotopic (exact) mass is 585 g/mol. The molecule has 4 aromatic carbocycles. The molecular weight excluding hydrogens is 550 g/mol. The van der Waals surface area contributed by atoms with E-state index in [2.05, 4.69) is 5.32 Å². The average molecular weight is 586 g/mol. The lowest BCUT2D eigenvalue weighted by Gasteiger charge is -2.28. The van der Waals surface area contributed by atoms with E-state index in [0.29, 0.717) is 11.3 Å². The molecule has 42 heavy (non-hydrogen) atoms. The van der Waals surface area contributed by atoms with Gasteiger partial charge in [-0.3, -0.25) is 9.10 Å². The fraction of sp³-hybridized carbons (Fsp3) is 0.242. The highest BCUT2D eigenvalue weighted by Gasteiger charge is 2.28. The average Bonchev–Trinajstić information content (AvgIpc) is 3.29. The molecule has 0 saturated carbocycles. The number of sulfonamides is 1. The molecule has 5 rings (SSSR count). The molecule has 1 aromatic heterocycles. The van der Waals surface area contributed by atoms with Crippen molar-refractivity contribution < 1.29 is 23.4 Å². The van der Waals surface area contributed by atoms with Crippen molar-refractivity contribution in [3.05, 3.63) is 108 Å². The molecule has 8 nitrogen and oxygen atoms in total. The predicted octanol–water partition coefficient (Wildman–Crippen LogP) is 4.86. The number of carbonyl (C=O) groups excluding carboxylic acids is 1. The summed E-state index contributed by atoms with van der Waals surface area (Å²) >= 11 is 0. The summed E-state index contributed by atoms with van der Waals surface area (Å²) in [5, 5.41) is 25.8. The van der Waals surface area contributed by atoms with Crippen molar-refractivity contribution in [2.75, 3.05) is 17.5 Å². The van der Waals surface area contributed by atoms with E-state index in [1.165, 1.54) is 16.4 Å². The van der Waals surface area contributed by atoms with E-state index in [9.17, 15) is 23.4 Å². The van der Waals surface area contributed by atoms with Crippen LogP contribution in [-0.4, -0.2) is 53.9 Å². The Kier molecular flexibility index (Phi) is 8.10. The number of anilines is 1. The molecule has 0 aliphatic rings. The van der Waals surface area contributed by atoms with Gasteiger partial charge < -0.3 is 20.1 Å². The number of aliphatic hydroxyl groups excluding tert-OH is 2. The number of hydrogen-bond acceptors (Lipinski definition) is 5. The molecule has 5 aromatic rings. The Morgan fingerprint density at radius 3 is 1.98 bits per heavy atom. The largest absolute Gasteiger partial charge is 0.394 e. The van der Waals surface area contributed by atoms with E-state index in [0.717, 1.165) is 27.4 Å². The van der Waals surface area contributed by atoms with Crippen LogP contribution in [0.3, 0.4) is 0 Å². The molecule has 3 N–H and O–H groups in total. The van der Waals surface area contributed by atoms with Crippen LogP contribution < -0.4 is 9.62 Å². The first-order valence-electron chi connectivity index (χ1n) is 13.8. The number of aromatic nitrogens is 1. The second-order valence-electron chi connectivity index (χ2n) is 11.2. The number of carbonyl (C=O) groups is 1. The minimum Gasteiger partial charge on any atom is -0.394 e. The van der Waals surface area contributed by atoms with Crippen molar-refractivity contribution in [2.45, 2.75) is 43.9 Å². The highest BCUT2D eigenvalue weighted by atomic mass is 32.2. The lowest BCUT2D eigenvalue weighted by Crippen LogP contribution is -2.46. The molecule has 9 heteroatoms. The second-order valence-corrected chi connectivity index (χ2v) is 13.1. The van der Waals surface area contributed by atoms with Gasteiger partial charge in [-0.2, -0.15) is 0 Å². The van der Waals surface area contributed by atoms with Gasteiger partial charge in [0.2, 0.25) is 0 Å². The molecule has 0 aliphatic carbocycles. The van der Waals surface area contributed by atoms with Gasteiger partial charge in [-0.25, -0.2) is 8.42 Å². The van der Waals surface area contributed by atoms with E-state index in [-0.39, 0.29) is 30.5 Å². The molecule has 1 atom stereocenters. The van der Waals surface area contributed by atoms with E-state index in [4.69, 9.17) is 0 Å². The number of hydrogen-bond donors (Lipinski definition) is 3. The number of aryl methyl sites for hydroxylation is 1. The van der Waals surface area contributed by atoms with Crippen molar-refractivity contribution in [1.82, 2.24) is 9.88 Å². The van der Waals surface area contributed by atoms with Crippen LogP contribution in [0.5, 0.6) is 0 Å². The molecule has 1 heterocycles. The molecule has 0 aliphatic heterocycles. The Bertz CT molecular complexity index is 1770. The summed E-state index contributed by atoms with van der Waals surface area (Å²) in [6.45, 7) is 5.01. The fourth-order valence-electron chi connectivity index (χ4n) is 5.04. The Hall–Kier alpha value is -4.18. The number of aliphatic hydroxyl groups is 2. The maximum absolute atomic E-state index is 14.0. The molecule has 218 valence electrons. The third-order valence-corrected chi connectivity index (χ3v) is 9.13. The van der Waals surface area contributed by atoms with Gasteiger partial charge >= 0.3 is 0 Å². The van der Waals surface area contributed by atoms with Crippen molar-refractivity contribution in [3.63, 3.8) is 0 Å². The highest BCUT2D eigenvalue weighted by molar-refractivity contribution is 7.92. The number of para-hydroxylation sites is 2. The molecule has 0 fully saturated rings. The third kappa shape index (κ3) is 5.90. The smallest absolute Gasteiger partial charge is 0.264 e. The third-order valence-electron chi connectivity index (χ3n) is 7.32. The summed E-state index contributed by atoms with van der Waals surface area (Å²) in [4.78, 5) is 12.8. The first kappa shape index (κ1) is 29.3. The number of nitrogens with one attached hydrogen (secondary N) is 1. The van der Waals surface area contributed by atoms with E-state index in [1.807, 2.05) is 60.0 Å². The van der Waals surface area contributed by atoms with E-state index in [1.54, 1.807) is 50.2 Å². The first-order chi connectivity index (χ1) is 20.0. The number of fused-ring (bicyclic) bond motifs is 3. The van der Waals surface area contributed by atoms with Crippen molar-refractivity contribution in [2.24, 2.45) is 0 Å². The second kappa shape index (κ2) is 11.6. The quantitative estimate of drug-likeness (QED) is 0.217. The number of rotatable bonds is 10. The Morgan fingerprint density at radius 2 is 1.43 bits per heavy atom. The molecule has 0 spiro atoms. The number of amides is 1. The predicted molar refractivity (Wildman–Crippen MR) is 166 cm³/mol. The van der Waals surface area contributed by atoms with Gasteiger partial charge in [-0.05, 0) is 69.3 Å². The summed E-state index contributed by atoms with van der Waals surface area (Å²) in [5.41, 5.74) is 2.65. The van der Waals surface area contributed by atoms with Crippen LogP contribution in [0.2, 0.25) is 0 Å². The van der Waals surface area contributed by atoms with Gasteiger partial charge in [-0.15, -0.1) is 0 Å². The highest BCUT2D eigenvalue weighted by Crippen LogP contribution is 2.30. The topological polar surface area (TPSA) is 112 Å². The molecule has 0 bridgehead atoms. The lowest BCUT2D eigenvalue weighted by molar-refractivity contribution is 0.0869. The number of benzene rings is 4. The van der Waals surface area contributed by atoms with Gasteiger partial charge in [0.15, 0.2) is 0 Å². The zero-order chi connectivity index (χ0) is 30.1. The normalized spacial score (nSPS) is 12.9. The van der Waals surface area contributed by atoms with Crippen molar-refractivity contribution in [3.8, 4) is 0 Å². The molecule has 1 unspecified atom stereocenters. The van der Waals surface area contributed by atoms with Crippen LogP contribution in [0.15, 0.2) is 102 Å². The van der Waals surface area contributed by atoms with Gasteiger partial charge in [-0.1, -0.05) is 54.1 Å². The summed E-state index contributed by atoms with van der Waals surface area (Å²) in [6, 6.07) is 28.6. The van der Waals surface area contributed by atoms with Crippen LogP contribution in [0, 0.1) is 6.92 Å². The summed E-state index contributed by atoms with van der Waals surface area (Å²) in [5.74, 6) is -0.389. The first-order valence-corrected chi connectivity index (χ1v) is 15.2. The van der Waals surface area contributed by atoms with Crippen LogP contribution in [0.1, 0.15) is 29.8 Å². The van der Waals surface area contributed by atoms with Crippen LogP contribution in [-0.2, 0) is 16.6 Å². The zero-order valence-corrected chi connectivity index (χ0v) is 24.7. The van der Waals surface area contributed by atoms with Crippen LogP contribution in [0.4, 0.5) is 5.69 Å². The molecule has 1 amide bonds. The summed E-state index contributed by atoms with van der Waals surface area (Å²) in [6.07, 6.45) is -1.06. The number of nitrogens with zero attached hydrogens (tertiary/aromatic N) is 2. The van der Waals surface area contributed by atoms with Crippen LogP contribution >= 0.6 is 0 Å².